The van der Waals surface area contributed by atoms with E-state index >= 15 is 0 Å². The fourth-order valence-electron chi connectivity index (χ4n) is 2.26. The highest BCUT2D eigenvalue weighted by Gasteiger charge is 2.27. The van der Waals surface area contributed by atoms with Gasteiger partial charge in [-0.3, -0.25) is 0 Å². The fourth-order valence-corrected chi connectivity index (χ4v) is 2.26. The lowest BCUT2D eigenvalue weighted by Gasteiger charge is -2.36. The molecule has 1 saturated heterocycles. The number of hydrogen-bond acceptors (Lipinski definition) is 3. The summed E-state index contributed by atoms with van der Waals surface area (Å²) in [5.41, 5.74) is 0. The van der Waals surface area contributed by atoms with Crippen molar-refractivity contribution in [3.05, 3.63) is 12.7 Å². The van der Waals surface area contributed by atoms with Gasteiger partial charge in [-0.2, -0.15) is 0 Å². The van der Waals surface area contributed by atoms with Gasteiger partial charge in [-0.25, -0.2) is 9.59 Å². The molecule has 0 saturated carbocycles. The van der Waals surface area contributed by atoms with Crippen molar-refractivity contribution in [3.8, 4) is 0 Å². The number of nitrogens with zero attached hydrogens (tertiary/aromatic N) is 2. The summed E-state index contributed by atoms with van der Waals surface area (Å²) in [7, 11) is 3.74. The molecule has 0 aromatic rings. The van der Waals surface area contributed by atoms with E-state index in [1.54, 1.807) is 11.9 Å². The number of hydrogen-bond donors (Lipinski definition) is 2. The van der Waals surface area contributed by atoms with Crippen LogP contribution in [0.15, 0.2) is 12.7 Å². The number of amides is 2. The van der Waals surface area contributed by atoms with Gasteiger partial charge < -0.3 is 20.2 Å². The van der Waals surface area contributed by atoms with Crippen LogP contribution < -0.4 is 5.32 Å². The molecular weight excluding hydrogens is 246 g/mol. The maximum absolute atomic E-state index is 12.0. The van der Waals surface area contributed by atoms with Crippen LogP contribution in [0.4, 0.5) is 4.79 Å². The second-order valence-electron chi connectivity index (χ2n) is 5.03. The SMILES string of the molecule is C=CCC(NC(=O)N(C)C1CCCN(C)C1)C(=O)O. The van der Waals surface area contributed by atoms with E-state index in [2.05, 4.69) is 16.8 Å². The molecule has 0 spiro atoms. The molecule has 6 heteroatoms. The topological polar surface area (TPSA) is 72.9 Å². The highest BCUT2D eigenvalue weighted by Crippen LogP contribution is 2.13. The lowest BCUT2D eigenvalue weighted by atomic mass is 10.1. The molecule has 1 fully saturated rings. The lowest BCUT2D eigenvalue weighted by molar-refractivity contribution is -0.139. The van der Waals surface area contributed by atoms with E-state index in [1.807, 2.05) is 7.05 Å². The Bertz CT molecular complexity index is 346. The normalized spacial score (nSPS) is 21.5. The summed E-state index contributed by atoms with van der Waals surface area (Å²) in [4.78, 5) is 26.8. The van der Waals surface area contributed by atoms with E-state index in [0.717, 1.165) is 25.9 Å². The van der Waals surface area contributed by atoms with Crippen LogP contribution in [0.2, 0.25) is 0 Å². The second-order valence-corrected chi connectivity index (χ2v) is 5.03. The third-order valence-electron chi connectivity index (χ3n) is 3.47. The Morgan fingerprint density at radius 2 is 2.32 bits per heavy atom. The Kier molecular flexibility index (Phi) is 5.82. The molecule has 1 heterocycles. The molecule has 0 radical (unpaired) electrons. The smallest absolute Gasteiger partial charge is 0.326 e. The summed E-state index contributed by atoms with van der Waals surface area (Å²) in [6, 6.07) is -1.11. The van der Waals surface area contributed by atoms with E-state index in [1.165, 1.54) is 6.08 Å². The van der Waals surface area contributed by atoms with E-state index in [9.17, 15) is 9.59 Å². The van der Waals surface area contributed by atoms with Crippen molar-refractivity contribution in [2.24, 2.45) is 0 Å². The molecule has 2 unspecified atom stereocenters. The van der Waals surface area contributed by atoms with Crippen molar-refractivity contribution < 1.29 is 14.7 Å². The molecule has 2 N–H and O–H groups in total. The van der Waals surface area contributed by atoms with Crippen LogP contribution in [0, 0.1) is 0 Å². The zero-order valence-corrected chi connectivity index (χ0v) is 11.6. The molecule has 0 bridgehead atoms. The molecule has 0 aromatic heterocycles. The average Bonchev–Trinajstić information content (AvgIpc) is 2.37. The number of nitrogens with one attached hydrogen (secondary N) is 1. The van der Waals surface area contributed by atoms with Crippen LogP contribution in [0.1, 0.15) is 19.3 Å². The molecule has 1 rings (SSSR count). The Morgan fingerprint density at radius 1 is 1.63 bits per heavy atom. The zero-order valence-electron chi connectivity index (χ0n) is 11.6. The minimum atomic E-state index is -1.04. The molecule has 2 amide bonds. The first-order valence-corrected chi connectivity index (χ1v) is 6.51. The van der Waals surface area contributed by atoms with Crippen molar-refractivity contribution in [1.82, 2.24) is 15.1 Å². The fraction of sp³-hybridized carbons (Fsp3) is 0.692. The number of rotatable bonds is 5. The third-order valence-corrected chi connectivity index (χ3v) is 3.47. The van der Waals surface area contributed by atoms with Gasteiger partial charge in [-0.05, 0) is 32.9 Å². The Morgan fingerprint density at radius 3 is 2.84 bits per heavy atom. The zero-order chi connectivity index (χ0) is 14.4. The number of aliphatic carboxylic acids is 1. The van der Waals surface area contributed by atoms with Crippen molar-refractivity contribution >= 4 is 12.0 Å². The van der Waals surface area contributed by atoms with Crippen LogP contribution >= 0.6 is 0 Å². The van der Waals surface area contributed by atoms with Crippen LogP contribution in [0.25, 0.3) is 0 Å². The second kappa shape index (κ2) is 7.13. The summed E-state index contributed by atoms with van der Waals surface area (Å²) in [5, 5.41) is 11.5. The van der Waals surface area contributed by atoms with Crippen molar-refractivity contribution in [3.63, 3.8) is 0 Å². The van der Waals surface area contributed by atoms with Crippen LogP contribution in [-0.2, 0) is 4.79 Å². The molecule has 0 aromatic carbocycles. The minimum Gasteiger partial charge on any atom is -0.480 e. The molecule has 108 valence electrons. The van der Waals surface area contributed by atoms with E-state index in [4.69, 9.17) is 5.11 Å². The first-order valence-electron chi connectivity index (χ1n) is 6.51. The van der Waals surface area contributed by atoms with Gasteiger partial charge in [0.05, 0.1) is 0 Å². The number of likely N-dealkylation sites (N-methyl/N-ethyl adjacent to an activating group) is 2. The molecule has 1 aliphatic heterocycles. The molecule has 1 aliphatic rings. The quantitative estimate of drug-likeness (QED) is 0.722. The first-order chi connectivity index (χ1) is 8.95. The molecule has 19 heavy (non-hydrogen) atoms. The number of carboxylic acids is 1. The average molecular weight is 269 g/mol. The number of urea groups is 1. The van der Waals surface area contributed by atoms with Gasteiger partial charge in [0.15, 0.2) is 0 Å². The summed E-state index contributed by atoms with van der Waals surface area (Å²) in [6.45, 7) is 5.36. The first kappa shape index (κ1) is 15.5. The number of piperidine rings is 1. The highest BCUT2D eigenvalue weighted by atomic mass is 16.4. The van der Waals surface area contributed by atoms with Crippen molar-refractivity contribution in [1.29, 1.82) is 0 Å². The van der Waals surface area contributed by atoms with Gasteiger partial charge >= 0.3 is 12.0 Å². The molecule has 2 atom stereocenters. The van der Waals surface area contributed by atoms with Gasteiger partial charge in [0.1, 0.15) is 6.04 Å². The van der Waals surface area contributed by atoms with Crippen LogP contribution in [0.3, 0.4) is 0 Å². The molecule has 0 aliphatic carbocycles. The van der Waals surface area contributed by atoms with E-state index in [-0.39, 0.29) is 18.5 Å². The summed E-state index contributed by atoms with van der Waals surface area (Å²) < 4.78 is 0. The van der Waals surface area contributed by atoms with Crippen molar-refractivity contribution in [2.75, 3.05) is 27.2 Å². The monoisotopic (exact) mass is 269 g/mol. The van der Waals surface area contributed by atoms with E-state index < -0.39 is 12.0 Å². The number of carbonyl (C=O) groups is 2. The summed E-state index contributed by atoms with van der Waals surface area (Å²) in [5.74, 6) is -1.04. The largest absolute Gasteiger partial charge is 0.480 e. The number of likely N-dealkylation sites (tertiary alicyclic amines) is 1. The highest BCUT2D eigenvalue weighted by molar-refractivity contribution is 5.82. The Hall–Kier alpha value is -1.56. The predicted molar refractivity (Wildman–Crippen MR) is 73.1 cm³/mol. The molecule has 6 nitrogen and oxygen atoms in total. The van der Waals surface area contributed by atoms with Gasteiger partial charge in [0.2, 0.25) is 0 Å². The summed E-state index contributed by atoms with van der Waals surface area (Å²) in [6.07, 6.45) is 3.72. The van der Waals surface area contributed by atoms with E-state index in [0.29, 0.717) is 0 Å². The van der Waals surface area contributed by atoms with Gasteiger partial charge in [-0.15, -0.1) is 6.58 Å². The third kappa shape index (κ3) is 4.55. The number of carboxylic acid groups (broad SMARTS) is 1. The van der Waals surface area contributed by atoms with Crippen molar-refractivity contribution in [2.45, 2.75) is 31.3 Å². The minimum absolute atomic E-state index is 0.136. The predicted octanol–water partition coefficient (Wildman–Crippen LogP) is 0.751. The van der Waals surface area contributed by atoms with Crippen LogP contribution in [0.5, 0.6) is 0 Å². The Balaban J connectivity index is 2.55. The Labute approximate surface area is 114 Å². The molecular formula is C13H23N3O3. The summed E-state index contributed by atoms with van der Waals surface area (Å²) >= 11 is 0. The maximum Gasteiger partial charge on any atom is 0.326 e. The van der Waals surface area contributed by atoms with Gasteiger partial charge in [0, 0.05) is 19.6 Å². The number of carbonyl (C=O) groups excluding carboxylic acids is 1. The maximum atomic E-state index is 12.0. The van der Waals surface area contributed by atoms with Gasteiger partial charge in [0.25, 0.3) is 0 Å². The van der Waals surface area contributed by atoms with Crippen LogP contribution in [-0.4, -0.2) is 66.2 Å². The van der Waals surface area contributed by atoms with Gasteiger partial charge in [-0.1, -0.05) is 6.08 Å². The lowest BCUT2D eigenvalue weighted by Crippen LogP contribution is -2.53. The standard InChI is InChI=1S/C13H23N3O3/c1-4-6-11(12(17)18)14-13(19)16(3)10-7-5-8-15(2)9-10/h4,10-11H,1,5-9H2,2-3H3,(H,14,19)(H,17,18).